The molecular weight excluding hydrogens is 383 g/mol. The van der Waals surface area contributed by atoms with Gasteiger partial charge in [0.15, 0.2) is 5.69 Å². The average Bonchev–Trinajstić information content (AvgIpc) is 3.09. The van der Waals surface area contributed by atoms with E-state index in [1.54, 1.807) is 26.0 Å². The van der Waals surface area contributed by atoms with Crippen LogP contribution in [-0.4, -0.2) is 46.7 Å². The highest BCUT2D eigenvalue weighted by atomic mass is 19.1. The van der Waals surface area contributed by atoms with E-state index in [1.807, 2.05) is 0 Å². The standard InChI is InChI=1S/C19H23FN4O5/c1-10-4-5-13(14(20)6-10)8-21-16(26)9-22-19(28)17(12(3)25)23-18(27)15-7-11(2)29-24-15/h4-7,12,17,25H,8-9H2,1-3H3,(H,21,26)(H,22,28)(H,23,27)/t12-,17?/m1/s1. The van der Waals surface area contributed by atoms with Crippen molar-refractivity contribution < 1.29 is 28.4 Å². The summed E-state index contributed by atoms with van der Waals surface area (Å²) in [6.45, 7) is 4.22. The van der Waals surface area contributed by atoms with Crippen LogP contribution < -0.4 is 16.0 Å². The Bertz CT molecular complexity index is 896. The van der Waals surface area contributed by atoms with Gasteiger partial charge >= 0.3 is 0 Å². The molecule has 10 heteroatoms. The Morgan fingerprint density at radius 3 is 2.52 bits per heavy atom. The second-order valence-corrected chi connectivity index (χ2v) is 6.60. The second kappa shape index (κ2) is 9.78. The summed E-state index contributed by atoms with van der Waals surface area (Å²) in [5.41, 5.74) is 1.03. The van der Waals surface area contributed by atoms with E-state index in [4.69, 9.17) is 4.52 Å². The van der Waals surface area contributed by atoms with Gasteiger partial charge in [-0.1, -0.05) is 17.3 Å². The number of hydrogen-bond acceptors (Lipinski definition) is 6. The van der Waals surface area contributed by atoms with E-state index in [0.717, 1.165) is 5.56 Å². The highest BCUT2D eigenvalue weighted by molar-refractivity contribution is 5.97. The molecule has 156 valence electrons. The summed E-state index contributed by atoms with van der Waals surface area (Å²) in [5.74, 6) is -2.04. The van der Waals surface area contributed by atoms with Gasteiger partial charge in [-0.3, -0.25) is 14.4 Å². The maximum absolute atomic E-state index is 13.8. The van der Waals surface area contributed by atoms with E-state index in [9.17, 15) is 23.9 Å². The molecule has 1 unspecified atom stereocenters. The molecule has 0 aliphatic rings. The predicted octanol–water partition coefficient (Wildman–Crippen LogP) is 0.342. The zero-order valence-electron chi connectivity index (χ0n) is 16.3. The minimum absolute atomic E-state index is 0.0388. The van der Waals surface area contributed by atoms with Crippen molar-refractivity contribution in [2.24, 2.45) is 0 Å². The molecule has 0 radical (unpaired) electrons. The van der Waals surface area contributed by atoms with Gasteiger partial charge in [-0.25, -0.2) is 4.39 Å². The largest absolute Gasteiger partial charge is 0.391 e. The Morgan fingerprint density at radius 1 is 1.21 bits per heavy atom. The van der Waals surface area contributed by atoms with Crippen molar-refractivity contribution in [2.75, 3.05) is 6.54 Å². The number of benzene rings is 1. The molecule has 2 atom stereocenters. The summed E-state index contributed by atoms with van der Waals surface area (Å²) in [5, 5.41) is 20.5. The number of rotatable bonds is 8. The monoisotopic (exact) mass is 406 g/mol. The van der Waals surface area contributed by atoms with Crippen molar-refractivity contribution >= 4 is 17.7 Å². The van der Waals surface area contributed by atoms with Gasteiger partial charge in [-0.05, 0) is 32.4 Å². The molecule has 0 fully saturated rings. The first-order valence-electron chi connectivity index (χ1n) is 8.89. The topological polar surface area (TPSA) is 134 Å². The summed E-state index contributed by atoms with van der Waals surface area (Å²) < 4.78 is 18.6. The molecule has 1 heterocycles. The average molecular weight is 406 g/mol. The minimum Gasteiger partial charge on any atom is -0.391 e. The molecule has 0 saturated heterocycles. The van der Waals surface area contributed by atoms with E-state index >= 15 is 0 Å². The summed E-state index contributed by atoms with van der Waals surface area (Å²) in [6, 6.07) is 4.72. The van der Waals surface area contributed by atoms with Crippen LogP contribution in [0.5, 0.6) is 0 Å². The maximum Gasteiger partial charge on any atom is 0.274 e. The Balaban J connectivity index is 1.85. The number of hydrogen-bond donors (Lipinski definition) is 4. The lowest BCUT2D eigenvalue weighted by Crippen LogP contribution is -2.53. The smallest absolute Gasteiger partial charge is 0.274 e. The molecule has 3 amide bonds. The number of carbonyl (C=O) groups is 3. The van der Waals surface area contributed by atoms with E-state index < -0.39 is 42.2 Å². The molecule has 0 bridgehead atoms. The van der Waals surface area contributed by atoms with Gasteiger partial charge in [0.05, 0.1) is 12.6 Å². The third-order valence-electron chi connectivity index (χ3n) is 4.02. The predicted molar refractivity (Wildman–Crippen MR) is 100 cm³/mol. The number of aryl methyl sites for hydroxylation is 2. The molecule has 0 saturated carbocycles. The quantitative estimate of drug-likeness (QED) is 0.500. The van der Waals surface area contributed by atoms with Crippen molar-refractivity contribution in [3.63, 3.8) is 0 Å². The summed E-state index contributed by atoms with van der Waals surface area (Å²) in [4.78, 5) is 36.3. The molecule has 2 aromatic rings. The van der Waals surface area contributed by atoms with E-state index in [2.05, 4.69) is 21.1 Å². The third-order valence-corrected chi connectivity index (χ3v) is 4.02. The molecule has 1 aromatic carbocycles. The van der Waals surface area contributed by atoms with Crippen LogP contribution in [0.15, 0.2) is 28.8 Å². The van der Waals surface area contributed by atoms with Crippen LogP contribution >= 0.6 is 0 Å². The Kier molecular flexibility index (Phi) is 7.43. The number of nitrogens with one attached hydrogen (secondary N) is 3. The van der Waals surface area contributed by atoms with Crippen molar-refractivity contribution in [1.29, 1.82) is 0 Å². The van der Waals surface area contributed by atoms with Gasteiger partial charge in [0.25, 0.3) is 5.91 Å². The number of halogens is 1. The fourth-order valence-corrected chi connectivity index (χ4v) is 2.42. The molecular formula is C19H23FN4O5. The molecule has 0 aliphatic carbocycles. The van der Waals surface area contributed by atoms with Crippen LogP contribution in [-0.2, 0) is 16.1 Å². The Morgan fingerprint density at radius 2 is 1.93 bits per heavy atom. The fraction of sp³-hybridized carbons (Fsp3) is 0.368. The third kappa shape index (κ3) is 6.39. The molecule has 0 aliphatic heterocycles. The minimum atomic E-state index is -1.30. The van der Waals surface area contributed by atoms with Crippen LogP contribution in [0.2, 0.25) is 0 Å². The van der Waals surface area contributed by atoms with Crippen LogP contribution in [0.3, 0.4) is 0 Å². The normalized spacial score (nSPS) is 12.7. The first-order chi connectivity index (χ1) is 13.7. The molecule has 9 nitrogen and oxygen atoms in total. The van der Waals surface area contributed by atoms with Crippen molar-refractivity contribution in [2.45, 2.75) is 39.5 Å². The summed E-state index contributed by atoms with van der Waals surface area (Å²) >= 11 is 0. The lowest BCUT2D eigenvalue weighted by atomic mass is 10.1. The molecule has 29 heavy (non-hydrogen) atoms. The SMILES string of the molecule is Cc1ccc(CNC(=O)CNC(=O)C(NC(=O)c2cc(C)on2)[C@@H](C)O)c(F)c1. The maximum atomic E-state index is 13.8. The van der Waals surface area contributed by atoms with Crippen LogP contribution in [0.25, 0.3) is 0 Å². The van der Waals surface area contributed by atoms with Gasteiger partial charge in [-0.2, -0.15) is 0 Å². The zero-order valence-corrected chi connectivity index (χ0v) is 16.3. The van der Waals surface area contributed by atoms with Gasteiger partial charge < -0.3 is 25.6 Å². The number of aromatic nitrogens is 1. The highest BCUT2D eigenvalue weighted by Crippen LogP contribution is 2.09. The fourth-order valence-electron chi connectivity index (χ4n) is 2.42. The Labute approximate surface area is 166 Å². The molecule has 4 N–H and O–H groups in total. The number of amides is 3. The van der Waals surface area contributed by atoms with Gasteiger partial charge in [0.2, 0.25) is 11.8 Å². The van der Waals surface area contributed by atoms with Crippen LogP contribution in [0, 0.1) is 19.7 Å². The van der Waals surface area contributed by atoms with Crippen molar-refractivity contribution in [1.82, 2.24) is 21.1 Å². The number of nitrogens with zero attached hydrogens (tertiary/aromatic N) is 1. The van der Waals surface area contributed by atoms with Crippen LogP contribution in [0.1, 0.15) is 34.3 Å². The summed E-state index contributed by atoms with van der Waals surface area (Å²) in [7, 11) is 0. The highest BCUT2D eigenvalue weighted by Gasteiger charge is 2.27. The Hall–Kier alpha value is -3.27. The lowest BCUT2D eigenvalue weighted by molar-refractivity contribution is -0.128. The van der Waals surface area contributed by atoms with Crippen LogP contribution in [0.4, 0.5) is 4.39 Å². The zero-order chi connectivity index (χ0) is 21.6. The molecule has 2 rings (SSSR count). The van der Waals surface area contributed by atoms with Gasteiger partial charge in [0, 0.05) is 18.2 Å². The number of aliphatic hydroxyl groups is 1. The van der Waals surface area contributed by atoms with Crippen molar-refractivity contribution in [3.8, 4) is 0 Å². The lowest BCUT2D eigenvalue weighted by Gasteiger charge is -2.20. The molecule has 1 aromatic heterocycles. The van der Waals surface area contributed by atoms with Crippen molar-refractivity contribution in [3.05, 3.63) is 52.7 Å². The first kappa shape index (κ1) is 22.0. The number of carbonyl (C=O) groups excluding carboxylic acids is 3. The van der Waals surface area contributed by atoms with E-state index in [1.165, 1.54) is 19.1 Å². The van der Waals surface area contributed by atoms with Gasteiger partial charge in [-0.15, -0.1) is 0 Å². The van der Waals surface area contributed by atoms with Gasteiger partial charge in [0.1, 0.15) is 17.6 Å². The van der Waals surface area contributed by atoms with E-state index in [0.29, 0.717) is 11.3 Å². The summed E-state index contributed by atoms with van der Waals surface area (Å²) in [6.07, 6.45) is -1.23. The molecule has 0 spiro atoms. The second-order valence-electron chi connectivity index (χ2n) is 6.60. The number of aliphatic hydroxyl groups excluding tert-OH is 1. The first-order valence-corrected chi connectivity index (χ1v) is 8.89. The van der Waals surface area contributed by atoms with E-state index in [-0.39, 0.29) is 12.2 Å².